The van der Waals surface area contributed by atoms with E-state index in [9.17, 15) is 4.79 Å². The third-order valence-corrected chi connectivity index (χ3v) is 3.59. The standard InChI is InChI=1S/C14H11N5OS/c15-10-6-4-9(5-7-10)13-18-19-14(21-13)17-12(20)11-3-1-2-8-16-11/h1-8H,15H2,(H,17,19,20). The number of hydrogen-bond donors (Lipinski definition) is 2. The van der Waals surface area contributed by atoms with Crippen LogP contribution in [0.25, 0.3) is 10.6 Å². The van der Waals surface area contributed by atoms with Crippen LogP contribution in [0.3, 0.4) is 0 Å². The summed E-state index contributed by atoms with van der Waals surface area (Å²) < 4.78 is 0. The van der Waals surface area contributed by atoms with Crippen molar-refractivity contribution in [3.05, 3.63) is 54.4 Å². The first-order valence-electron chi connectivity index (χ1n) is 6.14. The fourth-order valence-corrected chi connectivity index (χ4v) is 2.42. The molecule has 0 spiro atoms. The molecule has 1 aromatic carbocycles. The number of nitrogens with two attached hydrogens (primary N) is 1. The first kappa shape index (κ1) is 13.2. The van der Waals surface area contributed by atoms with Crippen LogP contribution in [0.5, 0.6) is 0 Å². The molecule has 0 bridgehead atoms. The van der Waals surface area contributed by atoms with E-state index < -0.39 is 0 Å². The van der Waals surface area contributed by atoms with Crippen LogP contribution in [0.1, 0.15) is 10.5 Å². The number of amides is 1. The second-order valence-corrected chi connectivity index (χ2v) is 5.18. The highest BCUT2D eigenvalue weighted by molar-refractivity contribution is 7.18. The summed E-state index contributed by atoms with van der Waals surface area (Å²) in [6, 6.07) is 12.5. The molecular weight excluding hydrogens is 286 g/mol. The van der Waals surface area contributed by atoms with E-state index in [0.717, 1.165) is 5.56 Å². The summed E-state index contributed by atoms with van der Waals surface area (Å²) in [6.07, 6.45) is 1.56. The van der Waals surface area contributed by atoms with E-state index in [4.69, 9.17) is 5.73 Å². The number of hydrogen-bond acceptors (Lipinski definition) is 6. The Morgan fingerprint density at radius 3 is 2.62 bits per heavy atom. The summed E-state index contributed by atoms with van der Waals surface area (Å²) in [5.41, 5.74) is 7.57. The highest BCUT2D eigenvalue weighted by atomic mass is 32.1. The summed E-state index contributed by atoms with van der Waals surface area (Å²) in [7, 11) is 0. The molecule has 104 valence electrons. The zero-order chi connectivity index (χ0) is 14.7. The fraction of sp³-hybridized carbons (Fsp3) is 0. The topological polar surface area (TPSA) is 93.8 Å². The zero-order valence-corrected chi connectivity index (χ0v) is 11.7. The maximum absolute atomic E-state index is 12.0. The van der Waals surface area contributed by atoms with Gasteiger partial charge in [0.15, 0.2) is 0 Å². The Labute approximate surface area is 124 Å². The van der Waals surface area contributed by atoms with Gasteiger partial charge in [0.1, 0.15) is 10.7 Å². The number of nitrogen functional groups attached to an aromatic ring is 1. The van der Waals surface area contributed by atoms with Crippen molar-refractivity contribution in [1.29, 1.82) is 0 Å². The van der Waals surface area contributed by atoms with E-state index in [2.05, 4.69) is 20.5 Å². The Bertz CT molecular complexity index is 755. The van der Waals surface area contributed by atoms with Crippen molar-refractivity contribution in [2.24, 2.45) is 0 Å². The maximum atomic E-state index is 12.0. The Hall–Kier alpha value is -2.80. The van der Waals surface area contributed by atoms with E-state index in [1.807, 2.05) is 12.1 Å². The molecule has 6 nitrogen and oxygen atoms in total. The largest absolute Gasteiger partial charge is 0.399 e. The van der Waals surface area contributed by atoms with E-state index in [-0.39, 0.29) is 5.91 Å². The molecule has 1 amide bonds. The highest BCUT2D eigenvalue weighted by Gasteiger charge is 2.11. The number of anilines is 2. The molecule has 0 aliphatic rings. The Kier molecular flexibility index (Phi) is 3.57. The van der Waals surface area contributed by atoms with E-state index >= 15 is 0 Å². The van der Waals surface area contributed by atoms with Crippen molar-refractivity contribution in [1.82, 2.24) is 15.2 Å². The van der Waals surface area contributed by atoms with Crippen LogP contribution in [0.4, 0.5) is 10.8 Å². The lowest BCUT2D eigenvalue weighted by Crippen LogP contribution is -2.13. The lowest BCUT2D eigenvalue weighted by Gasteiger charge is -1.99. The number of rotatable bonds is 3. The molecule has 3 rings (SSSR count). The van der Waals surface area contributed by atoms with Gasteiger partial charge in [0, 0.05) is 17.4 Å². The van der Waals surface area contributed by atoms with Gasteiger partial charge in [0.05, 0.1) is 0 Å². The SMILES string of the molecule is Nc1ccc(-c2nnc(NC(=O)c3ccccn3)s2)cc1. The number of nitrogens with zero attached hydrogens (tertiary/aromatic N) is 3. The summed E-state index contributed by atoms with van der Waals surface area (Å²) in [4.78, 5) is 15.9. The number of nitrogens with one attached hydrogen (secondary N) is 1. The van der Waals surface area contributed by atoms with Crippen molar-refractivity contribution >= 4 is 28.1 Å². The van der Waals surface area contributed by atoms with Crippen LogP contribution >= 0.6 is 11.3 Å². The van der Waals surface area contributed by atoms with E-state index in [1.165, 1.54) is 11.3 Å². The Morgan fingerprint density at radius 2 is 1.90 bits per heavy atom. The molecule has 0 aliphatic carbocycles. The first-order chi connectivity index (χ1) is 10.2. The summed E-state index contributed by atoms with van der Waals surface area (Å²) in [5, 5.41) is 11.8. The van der Waals surface area contributed by atoms with Gasteiger partial charge in [0.25, 0.3) is 5.91 Å². The average molecular weight is 297 g/mol. The van der Waals surface area contributed by atoms with Gasteiger partial charge in [0.2, 0.25) is 5.13 Å². The van der Waals surface area contributed by atoms with Gasteiger partial charge in [-0.2, -0.15) is 0 Å². The third kappa shape index (κ3) is 3.03. The van der Waals surface area contributed by atoms with Crippen molar-refractivity contribution < 1.29 is 4.79 Å². The normalized spacial score (nSPS) is 10.3. The minimum absolute atomic E-state index is 0.310. The van der Waals surface area contributed by atoms with Gasteiger partial charge in [-0.1, -0.05) is 17.4 Å². The molecule has 0 unspecified atom stereocenters. The van der Waals surface area contributed by atoms with E-state index in [1.54, 1.807) is 36.5 Å². The lowest BCUT2D eigenvalue weighted by molar-refractivity contribution is 0.102. The number of pyridine rings is 1. The monoisotopic (exact) mass is 297 g/mol. The molecule has 0 atom stereocenters. The fourth-order valence-electron chi connectivity index (χ4n) is 1.67. The summed E-state index contributed by atoms with van der Waals surface area (Å²) >= 11 is 1.29. The van der Waals surface area contributed by atoms with Crippen LogP contribution < -0.4 is 11.1 Å². The first-order valence-corrected chi connectivity index (χ1v) is 6.96. The van der Waals surface area contributed by atoms with Gasteiger partial charge in [-0.25, -0.2) is 0 Å². The maximum Gasteiger partial charge on any atom is 0.276 e. The minimum atomic E-state index is -0.310. The molecule has 0 radical (unpaired) electrons. The van der Waals surface area contributed by atoms with Crippen molar-refractivity contribution in [3.63, 3.8) is 0 Å². The minimum Gasteiger partial charge on any atom is -0.399 e. The molecule has 0 fully saturated rings. The van der Waals surface area contributed by atoms with Crippen LogP contribution in [-0.2, 0) is 0 Å². The lowest BCUT2D eigenvalue weighted by atomic mass is 10.2. The molecule has 0 aliphatic heterocycles. The van der Waals surface area contributed by atoms with Crippen molar-refractivity contribution in [2.75, 3.05) is 11.1 Å². The summed E-state index contributed by atoms with van der Waals surface area (Å²) in [5.74, 6) is -0.310. The molecule has 7 heteroatoms. The van der Waals surface area contributed by atoms with E-state index in [0.29, 0.717) is 21.5 Å². The molecule has 3 aromatic rings. The van der Waals surface area contributed by atoms with Gasteiger partial charge in [-0.15, -0.1) is 10.2 Å². The highest BCUT2D eigenvalue weighted by Crippen LogP contribution is 2.26. The average Bonchev–Trinajstić information content (AvgIpc) is 2.97. The third-order valence-electron chi connectivity index (χ3n) is 2.70. The second-order valence-electron chi connectivity index (χ2n) is 4.20. The molecule has 0 saturated carbocycles. The number of benzene rings is 1. The zero-order valence-electron chi connectivity index (χ0n) is 10.9. The number of carbonyl (C=O) groups is 1. The van der Waals surface area contributed by atoms with Crippen LogP contribution in [-0.4, -0.2) is 21.1 Å². The number of carbonyl (C=O) groups excluding carboxylic acids is 1. The summed E-state index contributed by atoms with van der Waals surface area (Å²) in [6.45, 7) is 0. The second kappa shape index (κ2) is 5.68. The van der Waals surface area contributed by atoms with Crippen molar-refractivity contribution in [3.8, 4) is 10.6 Å². The molecular formula is C14H11N5OS. The van der Waals surface area contributed by atoms with Crippen LogP contribution in [0.2, 0.25) is 0 Å². The van der Waals surface area contributed by atoms with Gasteiger partial charge >= 0.3 is 0 Å². The number of aromatic nitrogens is 3. The predicted molar refractivity (Wildman–Crippen MR) is 81.9 cm³/mol. The van der Waals surface area contributed by atoms with Gasteiger partial charge < -0.3 is 5.73 Å². The predicted octanol–water partition coefficient (Wildman–Crippen LogP) is 2.43. The smallest absolute Gasteiger partial charge is 0.276 e. The molecule has 0 saturated heterocycles. The Balaban J connectivity index is 1.76. The Morgan fingerprint density at radius 1 is 1.10 bits per heavy atom. The van der Waals surface area contributed by atoms with Gasteiger partial charge in [-0.05, 0) is 36.4 Å². The van der Waals surface area contributed by atoms with Crippen LogP contribution in [0, 0.1) is 0 Å². The molecule has 3 N–H and O–H groups in total. The molecule has 2 heterocycles. The molecule has 21 heavy (non-hydrogen) atoms. The van der Waals surface area contributed by atoms with Crippen molar-refractivity contribution in [2.45, 2.75) is 0 Å². The molecule has 2 aromatic heterocycles. The van der Waals surface area contributed by atoms with Crippen LogP contribution in [0.15, 0.2) is 48.7 Å². The van der Waals surface area contributed by atoms with Gasteiger partial charge in [-0.3, -0.25) is 15.1 Å². The quantitative estimate of drug-likeness (QED) is 0.724.